The first-order valence-electron chi connectivity index (χ1n) is 4.23. The molecule has 0 spiro atoms. The molecule has 0 radical (unpaired) electrons. The van der Waals surface area contributed by atoms with Gasteiger partial charge in [-0.2, -0.15) is 0 Å². The molecule has 72 valence electrons. The van der Waals surface area contributed by atoms with Gasteiger partial charge >= 0.3 is 0 Å². The largest absolute Gasteiger partial charge is 0.502 e. The van der Waals surface area contributed by atoms with Crippen LogP contribution in [-0.2, 0) is 4.43 Å². The van der Waals surface area contributed by atoms with E-state index < -0.39 is 9.76 Å². The van der Waals surface area contributed by atoms with Gasteiger partial charge in [0.05, 0.1) is 0 Å². The molecule has 0 aromatic carbocycles. The Labute approximate surface area is 82.3 Å². The van der Waals surface area contributed by atoms with Crippen LogP contribution in [0.3, 0.4) is 0 Å². The second-order valence-electron chi connectivity index (χ2n) is 3.87. The maximum absolute atomic E-state index is 9.10. The molecule has 0 amide bonds. The van der Waals surface area contributed by atoms with Crippen molar-refractivity contribution in [2.45, 2.75) is 45.3 Å². The van der Waals surface area contributed by atoms with E-state index in [-0.39, 0.29) is 16.2 Å². The zero-order valence-electron chi connectivity index (χ0n) is 8.26. The summed E-state index contributed by atoms with van der Waals surface area (Å²) < 4.78 is 5.64. The van der Waals surface area contributed by atoms with Gasteiger partial charge in [0.2, 0.25) is 0 Å². The summed E-state index contributed by atoms with van der Waals surface area (Å²) in [5.41, 5.74) is 0.0453. The molecule has 0 fully saturated rings. The molecule has 0 aliphatic carbocycles. The van der Waals surface area contributed by atoms with Crippen molar-refractivity contribution in [2.75, 3.05) is 0 Å². The van der Waals surface area contributed by atoms with Gasteiger partial charge in [0.15, 0.2) is 14.8 Å². The first kappa shape index (κ1) is 12.1. The predicted octanol–water partition coefficient (Wildman–Crippen LogP) is 1.97. The smallest absolute Gasteiger partial charge is 0.173 e. The molecule has 0 aliphatic heterocycles. The molecule has 0 aliphatic rings. The highest BCUT2D eigenvalue weighted by Gasteiger charge is 2.17. The monoisotopic (exact) mass is 206 g/mol. The molecule has 2 nitrogen and oxygen atoms in total. The summed E-state index contributed by atoms with van der Waals surface area (Å²) >= 11 is 4.71. The van der Waals surface area contributed by atoms with Crippen molar-refractivity contribution in [3.63, 3.8) is 0 Å². The van der Waals surface area contributed by atoms with Gasteiger partial charge in [-0.3, -0.25) is 0 Å². The number of hydrogen-bond acceptors (Lipinski definition) is 2. The highest BCUT2D eigenvalue weighted by molar-refractivity contribution is 7.80. The molecule has 4 heteroatoms. The standard InChI is InChI=1S/C8H18O2SSi/c1-5-6(7(9)11)12-10-8(2,3)4/h6H,5,12H2,1-4H3,(H,9,11). The van der Waals surface area contributed by atoms with Crippen molar-refractivity contribution in [3.8, 4) is 0 Å². The van der Waals surface area contributed by atoms with Gasteiger partial charge in [0.1, 0.15) is 0 Å². The van der Waals surface area contributed by atoms with Crippen molar-refractivity contribution >= 4 is 27.0 Å². The lowest BCUT2D eigenvalue weighted by Gasteiger charge is -2.22. The Morgan fingerprint density at radius 3 is 2.33 bits per heavy atom. The van der Waals surface area contributed by atoms with Crippen molar-refractivity contribution in [3.05, 3.63) is 0 Å². The van der Waals surface area contributed by atoms with Crippen LogP contribution in [0.15, 0.2) is 0 Å². The highest BCUT2D eigenvalue weighted by atomic mass is 32.1. The molecular formula is C8H18O2SSi. The molecule has 12 heavy (non-hydrogen) atoms. The summed E-state index contributed by atoms with van der Waals surface area (Å²) in [4.78, 5) is 0. The van der Waals surface area contributed by atoms with Gasteiger partial charge in [0.25, 0.3) is 0 Å². The zero-order valence-corrected chi connectivity index (χ0v) is 10.5. The van der Waals surface area contributed by atoms with Gasteiger partial charge in [0, 0.05) is 11.1 Å². The Morgan fingerprint density at radius 1 is 1.58 bits per heavy atom. The van der Waals surface area contributed by atoms with Crippen molar-refractivity contribution in [2.24, 2.45) is 0 Å². The molecule has 0 saturated heterocycles. The minimum atomic E-state index is -0.718. The van der Waals surface area contributed by atoms with E-state index in [2.05, 4.69) is 0 Å². The van der Waals surface area contributed by atoms with Crippen LogP contribution in [0.4, 0.5) is 0 Å². The summed E-state index contributed by atoms with van der Waals surface area (Å²) in [7, 11) is -0.718. The van der Waals surface area contributed by atoms with Gasteiger partial charge in [-0.15, -0.1) is 0 Å². The summed E-state index contributed by atoms with van der Waals surface area (Å²) in [5, 5.41) is 9.21. The zero-order chi connectivity index (χ0) is 9.78. The first-order chi connectivity index (χ1) is 5.37. The van der Waals surface area contributed by atoms with E-state index in [1.54, 1.807) is 0 Å². The number of hydrogen-bond donors (Lipinski definition) is 1. The van der Waals surface area contributed by atoms with Crippen molar-refractivity contribution < 1.29 is 9.53 Å². The van der Waals surface area contributed by atoms with E-state index in [9.17, 15) is 0 Å². The lowest BCUT2D eigenvalue weighted by Crippen LogP contribution is -2.26. The summed E-state index contributed by atoms with van der Waals surface area (Å²) in [6.45, 7) is 8.08. The summed E-state index contributed by atoms with van der Waals surface area (Å²) in [5.74, 6) is 0. The van der Waals surface area contributed by atoms with Crippen molar-refractivity contribution in [1.82, 2.24) is 0 Å². The first-order valence-corrected chi connectivity index (χ1v) is 6.03. The van der Waals surface area contributed by atoms with E-state index in [0.29, 0.717) is 0 Å². The predicted molar refractivity (Wildman–Crippen MR) is 58.6 cm³/mol. The topological polar surface area (TPSA) is 29.5 Å². The minimum absolute atomic E-state index is 0.0928. The Kier molecular flexibility index (Phi) is 4.97. The fourth-order valence-corrected chi connectivity index (χ4v) is 2.16. The van der Waals surface area contributed by atoms with Gasteiger partial charge < -0.3 is 9.53 Å². The molecule has 0 saturated carbocycles. The quantitative estimate of drug-likeness (QED) is 0.563. The third-order valence-electron chi connectivity index (χ3n) is 1.56. The van der Waals surface area contributed by atoms with Crippen LogP contribution in [0.1, 0.15) is 34.1 Å². The van der Waals surface area contributed by atoms with Crippen LogP contribution in [-0.4, -0.2) is 25.5 Å². The van der Waals surface area contributed by atoms with E-state index in [4.69, 9.17) is 21.8 Å². The number of thiocarbonyl (C=S) groups is 1. The van der Waals surface area contributed by atoms with Crippen LogP contribution in [0.2, 0.25) is 5.54 Å². The minimum Gasteiger partial charge on any atom is -0.502 e. The van der Waals surface area contributed by atoms with Crippen LogP contribution < -0.4 is 0 Å². The van der Waals surface area contributed by atoms with Crippen molar-refractivity contribution in [1.29, 1.82) is 0 Å². The molecular weight excluding hydrogens is 188 g/mol. The molecule has 1 atom stereocenters. The fourth-order valence-electron chi connectivity index (χ4n) is 0.714. The van der Waals surface area contributed by atoms with Crippen LogP contribution in [0.25, 0.3) is 0 Å². The maximum Gasteiger partial charge on any atom is 0.173 e. The van der Waals surface area contributed by atoms with E-state index in [0.717, 1.165) is 6.42 Å². The van der Waals surface area contributed by atoms with Gasteiger partial charge in [-0.25, -0.2) is 0 Å². The Hall–Kier alpha value is 0.0669. The second kappa shape index (κ2) is 4.94. The van der Waals surface area contributed by atoms with Crippen LogP contribution >= 0.6 is 12.2 Å². The Bertz CT molecular complexity index is 154. The molecule has 0 heterocycles. The molecule has 1 N–H and O–H groups in total. The third kappa shape index (κ3) is 5.68. The summed E-state index contributed by atoms with van der Waals surface area (Å²) in [6, 6.07) is 0. The molecule has 0 aromatic heterocycles. The lowest BCUT2D eigenvalue weighted by atomic mass is 10.2. The lowest BCUT2D eigenvalue weighted by molar-refractivity contribution is 0.136. The fraction of sp³-hybridized carbons (Fsp3) is 0.875. The number of rotatable bonds is 4. The highest BCUT2D eigenvalue weighted by Crippen LogP contribution is 2.14. The maximum atomic E-state index is 9.10. The van der Waals surface area contributed by atoms with E-state index >= 15 is 0 Å². The summed E-state index contributed by atoms with van der Waals surface area (Å²) in [6.07, 6.45) is 0.887. The number of aliphatic hydroxyl groups excluding tert-OH is 1. The third-order valence-corrected chi connectivity index (χ3v) is 4.59. The molecule has 1 unspecified atom stereocenters. The van der Waals surface area contributed by atoms with Gasteiger partial charge in [-0.1, -0.05) is 6.92 Å². The normalized spacial score (nSPS) is 15.3. The van der Waals surface area contributed by atoms with Gasteiger partial charge in [-0.05, 0) is 39.4 Å². The molecule has 0 rings (SSSR count). The van der Waals surface area contributed by atoms with E-state index in [1.165, 1.54) is 0 Å². The SMILES string of the molecule is CCC([SiH2]OC(C)(C)C)C(O)=S. The molecule has 0 aromatic rings. The Morgan fingerprint density at radius 2 is 2.08 bits per heavy atom. The number of aliphatic hydroxyl groups is 1. The average molecular weight is 206 g/mol. The van der Waals surface area contributed by atoms with E-state index in [1.807, 2.05) is 27.7 Å². The Balaban J connectivity index is 3.81. The average Bonchev–Trinajstić information content (AvgIpc) is 1.85. The molecule has 0 bridgehead atoms. The van der Waals surface area contributed by atoms with Crippen LogP contribution in [0.5, 0.6) is 0 Å². The van der Waals surface area contributed by atoms with Crippen LogP contribution in [0, 0.1) is 0 Å². The second-order valence-corrected chi connectivity index (χ2v) is 5.89.